The van der Waals surface area contributed by atoms with Gasteiger partial charge in [0, 0.05) is 10.9 Å². The summed E-state index contributed by atoms with van der Waals surface area (Å²) in [5.41, 5.74) is 1.97. The van der Waals surface area contributed by atoms with Crippen molar-refractivity contribution in [3.8, 4) is 11.5 Å². The van der Waals surface area contributed by atoms with E-state index in [1.54, 1.807) is 6.07 Å². The maximum Gasteiger partial charge on any atom is 0.201 e. The van der Waals surface area contributed by atoms with E-state index in [4.69, 9.17) is 4.74 Å². The normalized spacial score (nSPS) is 10.4. The summed E-state index contributed by atoms with van der Waals surface area (Å²) in [6.07, 6.45) is 0. The first-order chi connectivity index (χ1) is 8.61. The smallest absolute Gasteiger partial charge is 0.201 e. The van der Waals surface area contributed by atoms with Crippen LogP contribution >= 0.6 is 15.9 Å². The molecular formula is C14H11BrF2O. The van der Waals surface area contributed by atoms with Crippen molar-refractivity contribution < 1.29 is 13.5 Å². The fourth-order valence-electron chi connectivity index (χ4n) is 1.59. The summed E-state index contributed by atoms with van der Waals surface area (Å²) in [4.78, 5) is 0. The number of hydrogen-bond donors (Lipinski definition) is 0. The van der Waals surface area contributed by atoms with Gasteiger partial charge in [-0.1, -0.05) is 39.7 Å². The van der Waals surface area contributed by atoms with Gasteiger partial charge in [-0.25, -0.2) is 4.39 Å². The van der Waals surface area contributed by atoms with Gasteiger partial charge in [0.25, 0.3) is 0 Å². The molecule has 0 aliphatic carbocycles. The Bertz CT molecular complexity index is 570. The van der Waals surface area contributed by atoms with Crippen LogP contribution in [0.25, 0.3) is 0 Å². The van der Waals surface area contributed by atoms with E-state index < -0.39 is 11.6 Å². The summed E-state index contributed by atoms with van der Waals surface area (Å²) in [6, 6.07) is 9.41. The first-order valence-corrected chi connectivity index (χ1v) is 6.51. The van der Waals surface area contributed by atoms with Gasteiger partial charge in [0.1, 0.15) is 5.75 Å². The SMILES string of the molecule is Cc1ccc(Oc2cccc(F)c2F)c(CBr)c1. The average Bonchev–Trinajstić information content (AvgIpc) is 2.37. The largest absolute Gasteiger partial charge is 0.454 e. The Morgan fingerprint density at radius 1 is 1.11 bits per heavy atom. The minimum absolute atomic E-state index is 0.110. The van der Waals surface area contributed by atoms with Gasteiger partial charge >= 0.3 is 0 Å². The zero-order chi connectivity index (χ0) is 13.1. The number of rotatable bonds is 3. The fourth-order valence-corrected chi connectivity index (χ4v) is 2.03. The molecule has 2 aromatic rings. The molecule has 0 atom stereocenters. The second kappa shape index (κ2) is 5.48. The van der Waals surface area contributed by atoms with Crippen LogP contribution in [0.1, 0.15) is 11.1 Å². The molecule has 0 N–H and O–H groups in total. The van der Waals surface area contributed by atoms with E-state index in [1.165, 1.54) is 12.1 Å². The van der Waals surface area contributed by atoms with Crippen molar-refractivity contribution in [1.29, 1.82) is 0 Å². The first-order valence-electron chi connectivity index (χ1n) is 5.39. The van der Waals surface area contributed by atoms with Gasteiger partial charge in [0.2, 0.25) is 5.82 Å². The average molecular weight is 313 g/mol. The Morgan fingerprint density at radius 3 is 2.61 bits per heavy atom. The van der Waals surface area contributed by atoms with Crippen molar-refractivity contribution in [2.75, 3.05) is 0 Å². The van der Waals surface area contributed by atoms with Crippen molar-refractivity contribution in [3.63, 3.8) is 0 Å². The lowest BCUT2D eigenvalue weighted by Gasteiger charge is -2.11. The molecule has 0 radical (unpaired) electrons. The molecule has 0 bridgehead atoms. The highest BCUT2D eigenvalue weighted by Crippen LogP contribution is 2.30. The molecule has 0 aliphatic rings. The van der Waals surface area contributed by atoms with Gasteiger partial charge in [-0.3, -0.25) is 0 Å². The summed E-state index contributed by atoms with van der Waals surface area (Å²) < 4.78 is 32.0. The molecule has 0 aliphatic heterocycles. The molecule has 0 unspecified atom stereocenters. The third-order valence-corrected chi connectivity index (χ3v) is 3.10. The van der Waals surface area contributed by atoms with E-state index in [1.807, 2.05) is 19.1 Å². The molecular weight excluding hydrogens is 302 g/mol. The summed E-state index contributed by atoms with van der Waals surface area (Å²) in [7, 11) is 0. The molecule has 94 valence electrons. The molecule has 0 spiro atoms. The van der Waals surface area contributed by atoms with Gasteiger partial charge in [-0.05, 0) is 25.1 Å². The topological polar surface area (TPSA) is 9.23 Å². The number of halogens is 3. The van der Waals surface area contributed by atoms with Gasteiger partial charge in [-0.2, -0.15) is 4.39 Å². The molecule has 0 saturated carbocycles. The molecule has 0 heterocycles. The fraction of sp³-hybridized carbons (Fsp3) is 0.143. The van der Waals surface area contributed by atoms with Crippen LogP contribution in [0.3, 0.4) is 0 Å². The molecule has 4 heteroatoms. The van der Waals surface area contributed by atoms with Crippen molar-refractivity contribution >= 4 is 15.9 Å². The summed E-state index contributed by atoms with van der Waals surface area (Å²) in [6.45, 7) is 1.96. The molecule has 2 aromatic carbocycles. The van der Waals surface area contributed by atoms with Crippen LogP contribution in [0.5, 0.6) is 11.5 Å². The highest BCUT2D eigenvalue weighted by molar-refractivity contribution is 9.08. The first kappa shape index (κ1) is 13.0. The van der Waals surface area contributed by atoms with E-state index >= 15 is 0 Å². The predicted octanol–water partition coefficient (Wildman–Crippen LogP) is 4.96. The van der Waals surface area contributed by atoms with Crippen LogP contribution in [-0.4, -0.2) is 0 Å². The lowest BCUT2D eigenvalue weighted by molar-refractivity contribution is 0.414. The third-order valence-electron chi connectivity index (χ3n) is 2.50. The van der Waals surface area contributed by atoms with Gasteiger partial charge in [0.05, 0.1) is 0 Å². The van der Waals surface area contributed by atoms with Gasteiger partial charge in [-0.15, -0.1) is 0 Å². The zero-order valence-electron chi connectivity index (χ0n) is 9.71. The third kappa shape index (κ3) is 2.70. The van der Waals surface area contributed by atoms with Crippen LogP contribution in [0, 0.1) is 18.6 Å². The minimum Gasteiger partial charge on any atom is -0.454 e. The van der Waals surface area contributed by atoms with Crippen molar-refractivity contribution in [3.05, 3.63) is 59.2 Å². The molecule has 18 heavy (non-hydrogen) atoms. The Hall–Kier alpha value is -1.42. The standard InChI is InChI=1S/C14H11BrF2O/c1-9-5-6-12(10(7-9)8-15)18-13-4-2-3-11(16)14(13)17/h2-7H,8H2,1H3. The predicted molar refractivity (Wildman–Crippen MR) is 70.2 cm³/mol. The maximum atomic E-state index is 13.5. The van der Waals surface area contributed by atoms with Crippen LogP contribution < -0.4 is 4.74 Å². The number of aryl methyl sites for hydroxylation is 1. The summed E-state index contributed by atoms with van der Waals surface area (Å²) in [5, 5.41) is 0.584. The highest BCUT2D eigenvalue weighted by atomic mass is 79.9. The van der Waals surface area contributed by atoms with Crippen LogP contribution in [-0.2, 0) is 5.33 Å². The summed E-state index contributed by atoms with van der Waals surface area (Å²) in [5.74, 6) is -1.48. The Kier molecular flexibility index (Phi) is 3.97. The number of ether oxygens (including phenoxy) is 1. The van der Waals surface area contributed by atoms with Crippen molar-refractivity contribution in [1.82, 2.24) is 0 Å². The van der Waals surface area contributed by atoms with Crippen LogP contribution in [0.15, 0.2) is 36.4 Å². The molecule has 1 nitrogen and oxygen atoms in total. The molecule has 0 amide bonds. The lowest BCUT2D eigenvalue weighted by Crippen LogP contribution is -1.94. The van der Waals surface area contributed by atoms with Gasteiger partial charge in [0.15, 0.2) is 11.6 Å². The second-order valence-electron chi connectivity index (χ2n) is 3.90. The van der Waals surface area contributed by atoms with Crippen molar-refractivity contribution in [2.45, 2.75) is 12.3 Å². The van der Waals surface area contributed by atoms with E-state index in [2.05, 4.69) is 15.9 Å². The Morgan fingerprint density at radius 2 is 1.89 bits per heavy atom. The molecule has 2 rings (SSSR count). The van der Waals surface area contributed by atoms with E-state index in [0.29, 0.717) is 11.1 Å². The molecule has 0 saturated heterocycles. The van der Waals surface area contributed by atoms with Crippen molar-refractivity contribution in [2.24, 2.45) is 0 Å². The zero-order valence-corrected chi connectivity index (χ0v) is 11.3. The monoisotopic (exact) mass is 312 g/mol. The molecule has 0 fully saturated rings. The number of benzene rings is 2. The van der Waals surface area contributed by atoms with E-state index in [0.717, 1.165) is 17.2 Å². The van der Waals surface area contributed by atoms with E-state index in [-0.39, 0.29) is 5.75 Å². The maximum absolute atomic E-state index is 13.5. The summed E-state index contributed by atoms with van der Waals surface area (Å²) >= 11 is 3.34. The molecule has 0 aromatic heterocycles. The quantitative estimate of drug-likeness (QED) is 0.728. The minimum atomic E-state index is -0.974. The number of alkyl halides is 1. The Labute approximate surface area is 113 Å². The Balaban J connectivity index is 2.37. The van der Waals surface area contributed by atoms with E-state index in [9.17, 15) is 8.78 Å². The van der Waals surface area contributed by atoms with Crippen LogP contribution in [0.4, 0.5) is 8.78 Å². The highest BCUT2D eigenvalue weighted by Gasteiger charge is 2.11. The van der Waals surface area contributed by atoms with Crippen LogP contribution in [0.2, 0.25) is 0 Å². The van der Waals surface area contributed by atoms with Gasteiger partial charge < -0.3 is 4.74 Å². The number of hydrogen-bond acceptors (Lipinski definition) is 1. The lowest BCUT2D eigenvalue weighted by atomic mass is 10.1. The second-order valence-corrected chi connectivity index (χ2v) is 4.46.